The Hall–Kier alpha value is -3.75. The van der Waals surface area contributed by atoms with Crippen LogP contribution >= 0.6 is 0 Å². The van der Waals surface area contributed by atoms with E-state index in [4.69, 9.17) is 4.74 Å². The lowest BCUT2D eigenvalue weighted by molar-refractivity contribution is -0.125. The van der Waals surface area contributed by atoms with Gasteiger partial charge < -0.3 is 15.0 Å². The smallest absolute Gasteiger partial charge is 0.266 e. The van der Waals surface area contributed by atoms with Crippen molar-refractivity contribution >= 4 is 11.7 Å². The van der Waals surface area contributed by atoms with Crippen molar-refractivity contribution in [2.45, 2.75) is 25.8 Å². The number of para-hydroxylation sites is 1. The van der Waals surface area contributed by atoms with Crippen molar-refractivity contribution in [2.24, 2.45) is 5.92 Å². The number of aryl methyl sites for hydroxylation is 1. The van der Waals surface area contributed by atoms with Crippen LogP contribution < -0.4 is 20.5 Å². The van der Waals surface area contributed by atoms with Crippen molar-refractivity contribution in [1.82, 2.24) is 25.3 Å². The van der Waals surface area contributed by atoms with Gasteiger partial charge in [0.05, 0.1) is 12.8 Å². The second-order valence-electron chi connectivity index (χ2n) is 7.97. The number of ether oxygens (including phenoxy) is 1. The van der Waals surface area contributed by atoms with Crippen molar-refractivity contribution in [1.29, 1.82) is 0 Å². The summed E-state index contributed by atoms with van der Waals surface area (Å²) in [4.78, 5) is 26.3. The zero-order valence-electron chi connectivity index (χ0n) is 18.7. The number of methoxy groups -OCH3 is 1. The first kappa shape index (κ1) is 22.4. The number of hydrogen-bond donors (Lipinski definition) is 1. The molecule has 0 radical (unpaired) electrons. The van der Waals surface area contributed by atoms with E-state index >= 15 is 0 Å². The van der Waals surface area contributed by atoms with Crippen LogP contribution in [0.25, 0.3) is 11.3 Å². The molecule has 33 heavy (non-hydrogen) atoms. The molecular weight excluding hydrogens is 420 g/mol. The number of piperidine rings is 1. The number of anilines is 1. The monoisotopic (exact) mass is 448 g/mol. The van der Waals surface area contributed by atoms with Crippen LogP contribution in [0.15, 0.2) is 59.5 Å². The summed E-state index contributed by atoms with van der Waals surface area (Å²) in [6.07, 6.45) is 3.78. The number of amides is 1. The Bertz CT molecular complexity index is 1120. The lowest BCUT2D eigenvalue weighted by Gasteiger charge is -2.31. The average Bonchev–Trinajstić information content (AvgIpc) is 2.87. The van der Waals surface area contributed by atoms with Gasteiger partial charge in [-0.1, -0.05) is 12.1 Å². The highest BCUT2D eigenvalue weighted by molar-refractivity contribution is 5.79. The maximum absolute atomic E-state index is 12.5. The van der Waals surface area contributed by atoms with Crippen molar-refractivity contribution < 1.29 is 9.53 Å². The number of carbonyl (C=O) groups is 1. The van der Waals surface area contributed by atoms with Gasteiger partial charge in [0.15, 0.2) is 5.82 Å². The molecule has 2 aromatic heterocycles. The molecule has 1 aliphatic rings. The molecule has 3 heterocycles. The lowest BCUT2D eigenvalue weighted by atomic mass is 9.96. The van der Waals surface area contributed by atoms with E-state index in [1.165, 1.54) is 10.7 Å². The van der Waals surface area contributed by atoms with E-state index < -0.39 is 0 Å². The summed E-state index contributed by atoms with van der Waals surface area (Å²) in [6.45, 7) is 2.52. The SMILES string of the molecule is COc1ccccc1-c1ccc(N2CCC(C(=O)NCCCn3ncccc3=O)CC2)nn1. The number of rotatable bonds is 8. The molecule has 1 N–H and O–H groups in total. The number of benzene rings is 1. The molecule has 4 rings (SSSR count). The molecule has 1 fully saturated rings. The fourth-order valence-electron chi connectivity index (χ4n) is 4.00. The summed E-state index contributed by atoms with van der Waals surface area (Å²) in [5, 5.41) is 15.8. The van der Waals surface area contributed by atoms with Gasteiger partial charge in [-0.3, -0.25) is 9.59 Å². The van der Waals surface area contributed by atoms with E-state index in [2.05, 4.69) is 25.5 Å². The molecule has 0 aliphatic carbocycles. The van der Waals surface area contributed by atoms with Crippen LogP contribution in [0, 0.1) is 5.92 Å². The number of nitrogens with zero attached hydrogens (tertiary/aromatic N) is 5. The summed E-state index contributed by atoms with van der Waals surface area (Å²) in [5.41, 5.74) is 1.54. The van der Waals surface area contributed by atoms with Gasteiger partial charge in [-0.25, -0.2) is 4.68 Å². The molecule has 9 nitrogen and oxygen atoms in total. The van der Waals surface area contributed by atoms with Crippen LogP contribution in [0.4, 0.5) is 5.82 Å². The standard InChI is InChI=1S/C24H28N6O3/c1-33-21-7-3-2-6-19(21)20-9-10-22(28-27-20)29-16-11-18(12-17-29)24(32)25-13-5-15-30-23(31)8-4-14-26-30/h2-4,6-10,14,18H,5,11-13,15-17H2,1H3,(H,25,32). The van der Waals surface area contributed by atoms with Gasteiger partial charge in [0, 0.05) is 49.9 Å². The number of hydrogen-bond acceptors (Lipinski definition) is 7. The Morgan fingerprint density at radius 3 is 2.64 bits per heavy atom. The molecule has 0 spiro atoms. The average molecular weight is 449 g/mol. The predicted octanol–water partition coefficient (Wildman–Crippen LogP) is 2.13. The summed E-state index contributed by atoms with van der Waals surface area (Å²) in [7, 11) is 1.64. The third kappa shape index (κ3) is 5.54. The Morgan fingerprint density at radius 2 is 1.91 bits per heavy atom. The summed E-state index contributed by atoms with van der Waals surface area (Å²) < 4.78 is 6.82. The first-order valence-corrected chi connectivity index (χ1v) is 11.2. The van der Waals surface area contributed by atoms with Gasteiger partial charge in [-0.15, -0.1) is 10.2 Å². The molecule has 1 aliphatic heterocycles. The Labute approximate surface area is 192 Å². The molecule has 1 aromatic carbocycles. The van der Waals surface area contributed by atoms with Crippen molar-refractivity contribution in [3.63, 3.8) is 0 Å². The van der Waals surface area contributed by atoms with Crippen LogP contribution in [0.3, 0.4) is 0 Å². The second kappa shape index (κ2) is 10.7. The highest BCUT2D eigenvalue weighted by Gasteiger charge is 2.25. The van der Waals surface area contributed by atoms with E-state index in [0.29, 0.717) is 19.5 Å². The highest BCUT2D eigenvalue weighted by Crippen LogP contribution is 2.29. The summed E-state index contributed by atoms with van der Waals surface area (Å²) in [6, 6.07) is 14.7. The minimum atomic E-state index is -0.129. The lowest BCUT2D eigenvalue weighted by Crippen LogP contribution is -2.41. The Balaban J connectivity index is 1.24. The fraction of sp³-hybridized carbons (Fsp3) is 0.375. The maximum Gasteiger partial charge on any atom is 0.266 e. The molecule has 0 saturated carbocycles. The molecular formula is C24H28N6O3. The summed E-state index contributed by atoms with van der Waals surface area (Å²) >= 11 is 0. The number of aromatic nitrogens is 4. The van der Waals surface area contributed by atoms with Gasteiger partial charge in [-0.2, -0.15) is 5.10 Å². The fourth-order valence-corrected chi connectivity index (χ4v) is 4.00. The van der Waals surface area contributed by atoms with Gasteiger partial charge >= 0.3 is 0 Å². The zero-order chi connectivity index (χ0) is 23.0. The van der Waals surface area contributed by atoms with Crippen molar-refractivity contribution in [2.75, 3.05) is 31.6 Å². The summed E-state index contributed by atoms with van der Waals surface area (Å²) in [5.74, 6) is 1.63. The van der Waals surface area contributed by atoms with Crippen LogP contribution in [-0.2, 0) is 11.3 Å². The second-order valence-corrected chi connectivity index (χ2v) is 7.97. The minimum absolute atomic E-state index is 0.0142. The maximum atomic E-state index is 12.5. The highest BCUT2D eigenvalue weighted by atomic mass is 16.5. The number of nitrogens with one attached hydrogen (secondary N) is 1. The quantitative estimate of drug-likeness (QED) is 0.527. The van der Waals surface area contributed by atoms with Gasteiger partial charge in [0.25, 0.3) is 5.56 Å². The topological polar surface area (TPSA) is 102 Å². The Kier molecular flexibility index (Phi) is 7.29. The molecule has 3 aromatic rings. The first-order valence-electron chi connectivity index (χ1n) is 11.2. The molecule has 0 unspecified atom stereocenters. The van der Waals surface area contributed by atoms with E-state index in [0.717, 1.165) is 48.8 Å². The minimum Gasteiger partial charge on any atom is -0.496 e. The largest absolute Gasteiger partial charge is 0.496 e. The first-order chi connectivity index (χ1) is 16.2. The molecule has 0 atom stereocenters. The van der Waals surface area contributed by atoms with E-state index in [9.17, 15) is 9.59 Å². The number of carbonyl (C=O) groups excluding carboxylic acids is 1. The normalized spacial score (nSPS) is 14.2. The zero-order valence-corrected chi connectivity index (χ0v) is 18.7. The molecule has 1 amide bonds. The van der Waals surface area contributed by atoms with Crippen molar-refractivity contribution in [3.8, 4) is 17.0 Å². The van der Waals surface area contributed by atoms with Gasteiger partial charge in [0.2, 0.25) is 5.91 Å². The van der Waals surface area contributed by atoms with E-state index in [-0.39, 0.29) is 17.4 Å². The van der Waals surface area contributed by atoms with Crippen LogP contribution in [-0.4, -0.2) is 52.6 Å². The molecule has 172 valence electrons. The predicted molar refractivity (Wildman–Crippen MR) is 125 cm³/mol. The third-order valence-electron chi connectivity index (χ3n) is 5.85. The van der Waals surface area contributed by atoms with E-state index in [1.807, 2.05) is 36.4 Å². The van der Waals surface area contributed by atoms with Gasteiger partial charge in [0.1, 0.15) is 5.75 Å². The molecule has 1 saturated heterocycles. The van der Waals surface area contributed by atoms with Crippen LogP contribution in [0.5, 0.6) is 5.75 Å². The van der Waals surface area contributed by atoms with Gasteiger partial charge in [-0.05, 0) is 49.6 Å². The molecule has 0 bridgehead atoms. The third-order valence-corrected chi connectivity index (χ3v) is 5.85. The van der Waals surface area contributed by atoms with Crippen LogP contribution in [0.1, 0.15) is 19.3 Å². The Morgan fingerprint density at radius 1 is 1.09 bits per heavy atom. The van der Waals surface area contributed by atoms with Crippen LogP contribution in [0.2, 0.25) is 0 Å². The molecule has 9 heteroatoms. The van der Waals surface area contributed by atoms with E-state index in [1.54, 1.807) is 19.4 Å². The van der Waals surface area contributed by atoms with Crippen molar-refractivity contribution in [3.05, 3.63) is 65.1 Å².